The summed E-state index contributed by atoms with van der Waals surface area (Å²) in [6, 6.07) is 5.53. The maximum absolute atomic E-state index is 12.6. The topological polar surface area (TPSA) is 76.8 Å². The van der Waals surface area contributed by atoms with Crippen LogP contribution in [0.3, 0.4) is 0 Å². The second-order valence-corrected chi connectivity index (χ2v) is 4.95. The fourth-order valence-corrected chi connectivity index (χ4v) is 2.50. The number of anilines is 1. The molecule has 1 heterocycles. The van der Waals surface area contributed by atoms with Crippen LogP contribution in [0.4, 0.5) is 5.69 Å². The summed E-state index contributed by atoms with van der Waals surface area (Å²) in [7, 11) is 3.26. The average molecular weight is 279 g/mol. The summed E-state index contributed by atoms with van der Waals surface area (Å²) >= 11 is 0. The van der Waals surface area contributed by atoms with E-state index >= 15 is 0 Å². The monoisotopic (exact) mass is 279 g/mol. The van der Waals surface area contributed by atoms with Gasteiger partial charge in [-0.05, 0) is 24.6 Å². The molecule has 3 N–H and O–H groups in total. The van der Waals surface area contributed by atoms with Gasteiger partial charge in [-0.25, -0.2) is 0 Å². The van der Waals surface area contributed by atoms with Crippen LogP contribution >= 0.6 is 0 Å². The van der Waals surface area contributed by atoms with E-state index in [1.165, 1.54) is 0 Å². The Labute approximate surface area is 118 Å². The molecule has 0 aliphatic carbocycles. The minimum absolute atomic E-state index is 0.0699. The van der Waals surface area contributed by atoms with Crippen LogP contribution in [-0.2, 0) is 9.47 Å². The maximum atomic E-state index is 12.6. The summed E-state index contributed by atoms with van der Waals surface area (Å²) in [5.74, 6) is 5.42. The van der Waals surface area contributed by atoms with Crippen LogP contribution < -0.4 is 11.3 Å². The molecule has 0 saturated carbocycles. The van der Waals surface area contributed by atoms with Crippen LogP contribution in [0.5, 0.6) is 0 Å². The highest BCUT2D eigenvalue weighted by molar-refractivity contribution is 5.99. The van der Waals surface area contributed by atoms with Gasteiger partial charge in [0.15, 0.2) is 0 Å². The Kier molecular flexibility index (Phi) is 4.59. The smallest absolute Gasteiger partial charge is 0.256 e. The van der Waals surface area contributed by atoms with Gasteiger partial charge in [-0.1, -0.05) is 6.07 Å². The van der Waals surface area contributed by atoms with E-state index in [9.17, 15) is 4.79 Å². The first-order valence-electron chi connectivity index (χ1n) is 6.52. The first kappa shape index (κ1) is 14.8. The zero-order chi connectivity index (χ0) is 14.7. The van der Waals surface area contributed by atoms with Crippen LogP contribution in [0.15, 0.2) is 18.2 Å². The minimum atomic E-state index is -0.0938. The lowest BCUT2D eigenvalue weighted by Crippen LogP contribution is -2.31. The van der Waals surface area contributed by atoms with Crippen molar-refractivity contribution in [3.05, 3.63) is 29.3 Å². The highest BCUT2D eigenvalue weighted by atomic mass is 16.5. The van der Waals surface area contributed by atoms with Crippen LogP contribution in [0, 0.1) is 6.92 Å². The summed E-state index contributed by atoms with van der Waals surface area (Å²) in [6.45, 7) is 2.99. The Morgan fingerprint density at radius 2 is 1.90 bits per heavy atom. The van der Waals surface area contributed by atoms with Gasteiger partial charge >= 0.3 is 0 Å². The van der Waals surface area contributed by atoms with Crippen molar-refractivity contribution in [2.24, 2.45) is 5.84 Å². The molecule has 1 aromatic carbocycles. The molecule has 20 heavy (non-hydrogen) atoms. The van der Waals surface area contributed by atoms with Gasteiger partial charge in [0.1, 0.15) is 12.2 Å². The third-order valence-electron chi connectivity index (χ3n) is 3.67. The predicted octanol–water partition coefficient (Wildman–Crippen LogP) is 0.766. The highest BCUT2D eigenvalue weighted by Crippen LogP contribution is 2.23. The molecule has 1 aromatic rings. The molecule has 6 nitrogen and oxygen atoms in total. The Bertz CT molecular complexity index is 481. The number of hydrogen-bond acceptors (Lipinski definition) is 5. The summed E-state index contributed by atoms with van der Waals surface area (Å²) in [6.07, 6.45) is -0.188. The molecule has 2 unspecified atom stereocenters. The normalized spacial score (nSPS) is 22.1. The largest absolute Gasteiger partial charge is 0.377 e. The Morgan fingerprint density at radius 1 is 1.30 bits per heavy atom. The molecule has 2 atom stereocenters. The quantitative estimate of drug-likeness (QED) is 0.629. The first-order valence-corrected chi connectivity index (χ1v) is 6.52. The van der Waals surface area contributed by atoms with Gasteiger partial charge in [-0.2, -0.15) is 0 Å². The van der Waals surface area contributed by atoms with Crippen molar-refractivity contribution < 1.29 is 14.3 Å². The third-order valence-corrected chi connectivity index (χ3v) is 3.67. The number of likely N-dealkylation sites (tertiary alicyclic amines) is 1. The van der Waals surface area contributed by atoms with Crippen LogP contribution in [0.1, 0.15) is 15.9 Å². The van der Waals surface area contributed by atoms with E-state index in [-0.39, 0.29) is 18.1 Å². The Hall–Kier alpha value is -1.63. The maximum Gasteiger partial charge on any atom is 0.256 e. The molecule has 1 amide bonds. The van der Waals surface area contributed by atoms with E-state index < -0.39 is 0 Å². The molecule has 0 bridgehead atoms. The van der Waals surface area contributed by atoms with Crippen LogP contribution in [0.2, 0.25) is 0 Å². The lowest BCUT2D eigenvalue weighted by molar-refractivity contribution is -0.00461. The van der Waals surface area contributed by atoms with Crippen molar-refractivity contribution in [2.45, 2.75) is 19.1 Å². The lowest BCUT2D eigenvalue weighted by atomic mass is 10.1. The van der Waals surface area contributed by atoms with Crippen molar-refractivity contribution in [1.82, 2.24) is 4.90 Å². The van der Waals surface area contributed by atoms with E-state index in [1.54, 1.807) is 25.2 Å². The summed E-state index contributed by atoms with van der Waals surface area (Å²) < 4.78 is 10.7. The number of hydrazine groups is 1. The van der Waals surface area contributed by atoms with Gasteiger partial charge in [-0.15, -0.1) is 0 Å². The number of aryl methyl sites for hydroxylation is 1. The number of nitrogens with one attached hydrogen (secondary N) is 1. The van der Waals surface area contributed by atoms with Gasteiger partial charge in [0, 0.05) is 27.3 Å². The molecule has 6 heteroatoms. The zero-order valence-corrected chi connectivity index (χ0v) is 12.1. The second kappa shape index (κ2) is 6.21. The number of hydrogen-bond donors (Lipinski definition) is 2. The van der Waals surface area contributed by atoms with Crippen molar-refractivity contribution in [3.8, 4) is 0 Å². The van der Waals surface area contributed by atoms with E-state index in [2.05, 4.69) is 5.43 Å². The summed E-state index contributed by atoms with van der Waals surface area (Å²) in [5, 5.41) is 0. The number of nitrogens with two attached hydrogens (primary N) is 1. The molecule has 0 aromatic heterocycles. The van der Waals surface area contributed by atoms with E-state index in [4.69, 9.17) is 15.3 Å². The van der Waals surface area contributed by atoms with Crippen molar-refractivity contribution >= 4 is 11.6 Å². The molecule has 2 rings (SSSR count). The number of nitrogen functional groups attached to an aromatic ring is 1. The number of amides is 1. The molecule has 1 fully saturated rings. The number of methoxy groups -OCH3 is 2. The number of carbonyl (C=O) groups excluding carboxylic acids is 1. The third kappa shape index (κ3) is 2.77. The standard InChI is InChI=1S/C14H21N3O3/c1-9-4-5-10(11(6-9)16-15)14(18)17-7-12(19-2)13(8-17)20-3/h4-6,12-13,16H,7-8,15H2,1-3H3. The van der Waals surface area contributed by atoms with E-state index in [1.807, 2.05) is 19.1 Å². The van der Waals surface area contributed by atoms with Crippen LogP contribution in [0.25, 0.3) is 0 Å². The zero-order valence-electron chi connectivity index (χ0n) is 12.1. The highest BCUT2D eigenvalue weighted by Gasteiger charge is 2.36. The van der Waals surface area contributed by atoms with Crippen molar-refractivity contribution in [2.75, 3.05) is 32.7 Å². The molecule has 1 aliphatic heterocycles. The Morgan fingerprint density at radius 3 is 2.40 bits per heavy atom. The SMILES string of the molecule is COC1CN(C(=O)c2ccc(C)cc2NN)CC1OC. The molecule has 0 radical (unpaired) electrons. The Balaban J connectivity index is 2.20. The number of nitrogens with zero attached hydrogens (tertiary/aromatic N) is 1. The van der Waals surface area contributed by atoms with Crippen LogP contribution in [-0.4, -0.2) is 50.3 Å². The van der Waals surface area contributed by atoms with Gasteiger partial charge in [0.2, 0.25) is 0 Å². The van der Waals surface area contributed by atoms with Gasteiger partial charge in [0.05, 0.1) is 11.3 Å². The fraction of sp³-hybridized carbons (Fsp3) is 0.500. The van der Waals surface area contributed by atoms with Gasteiger partial charge < -0.3 is 19.8 Å². The number of benzene rings is 1. The minimum Gasteiger partial charge on any atom is -0.377 e. The van der Waals surface area contributed by atoms with E-state index in [0.717, 1.165) is 5.56 Å². The van der Waals surface area contributed by atoms with E-state index in [0.29, 0.717) is 24.3 Å². The van der Waals surface area contributed by atoms with Gasteiger partial charge in [0.25, 0.3) is 5.91 Å². The fourth-order valence-electron chi connectivity index (χ4n) is 2.50. The second-order valence-electron chi connectivity index (χ2n) is 4.95. The molecule has 110 valence electrons. The summed E-state index contributed by atoms with van der Waals surface area (Å²) in [5.41, 5.74) is 4.81. The molecule has 0 spiro atoms. The van der Waals surface area contributed by atoms with Crippen molar-refractivity contribution in [1.29, 1.82) is 0 Å². The number of ether oxygens (including phenoxy) is 2. The first-order chi connectivity index (χ1) is 9.60. The summed E-state index contributed by atoms with van der Waals surface area (Å²) in [4.78, 5) is 14.3. The lowest BCUT2D eigenvalue weighted by Gasteiger charge is -2.18. The molecular formula is C14H21N3O3. The predicted molar refractivity (Wildman–Crippen MR) is 76.5 cm³/mol. The molecular weight excluding hydrogens is 258 g/mol. The number of carbonyl (C=O) groups is 1. The molecule has 1 saturated heterocycles. The number of rotatable bonds is 4. The van der Waals surface area contributed by atoms with Crippen molar-refractivity contribution in [3.63, 3.8) is 0 Å². The van der Waals surface area contributed by atoms with Gasteiger partial charge in [-0.3, -0.25) is 10.6 Å². The molecule has 1 aliphatic rings. The average Bonchev–Trinajstić information content (AvgIpc) is 2.89.